The number of carbonyl (C=O) groups is 2. The molecule has 16 heavy (non-hydrogen) atoms. The van der Waals surface area contributed by atoms with Gasteiger partial charge in [-0.3, -0.25) is 9.59 Å². The lowest BCUT2D eigenvalue weighted by atomic mass is 9.82. The minimum Gasteiger partial charge on any atom is -0.387 e. The van der Waals surface area contributed by atoms with Crippen LogP contribution in [0.2, 0.25) is 0 Å². The van der Waals surface area contributed by atoms with Gasteiger partial charge in [0.05, 0.1) is 0 Å². The molecule has 0 saturated heterocycles. The molecule has 0 aromatic rings. The normalized spacial score (nSPS) is 19.1. The summed E-state index contributed by atoms with van der Waals surface area (Å²) in [5, 5.41) is 11.4. The van der Waals surface area contributed by atoms with E-state index in [1.807, 2.05) is 0 Å². The summed E-state index contributed by atoms with van der Waals surface area (Å²) in [5.41, 5.74) is 5.16. The summed E-state index contributed by atoms with van der Waals surface area (Å²) in [6.07, 6.45) is 5.68. The SMILES string of the molecule is NC(=O)CC(NC(=O)CO)C1CCCCC1. The minimum absolute atomic E-state index is 0.163. The van der Waals surface area contributed by atoms with E-state index >= 15 is 0 Å². The van der Waals surface area contributed by atoms with E-state index in [2.05, 4.69) is 5.32 Å². The van der Waals surface area contributed by atoms with Gasteiger partial charge >= 0.3 is 0 Å². The van der Waals surface area contributed by atoms with Crippen molar-refractivity contribution < 1.29 is 14.7 Å². The van der Waals surface area contributed by atoms with Gasteiger partial charge in [-0.15, -0.1) is 0 Å². The van der Waals surface area contributed by atoms with Crippen molar-refractivity contribution in [2.75, 3.05) is 6.61 Å². The molecule has 5 nitrogen and oxygen atoms in total. The molecule has 0 aromatic carbocycles. The van der Waals surface area contributed by atoms with E-state index in [0.29, 0.717) is 5.92 Å². The number of nitrogens with two attached hydrogens (primary N) is 1. The topological polar surface area (TPSA) is 92.4 Å². The molecular formula is C11H20N2O3. The maximum Gasteiger partial charge on any atom is 0.245 e. The molecule has 92 valence electrons. The maximum absolute atomic E-state index is 11.1. The Morgan fingerprint density at radius 2 is 1.94 bits per heavy atom. The summed E-state index contributed by atoms with van der Waals surface area (Å²) in [7, 11) is 0. The maximum atomic E-state index is 11.1. The van der Waals surface area contributed by atoms with E-state index in [1.165, 1.54) is 6.42 Å². The largest absolute Gasteiger partial charge is 0.387 e. The van der Waals surface area contributed by atoms with E-state index in [9.17, 15) is 9.59 Å². The summed E-state index contributed by atoms with van der Waals surface area (Å²) >= 11 is 0. The molecule has 1 saturated carbocycles. The van der Waals surface area contributed by atoms with Crippen LogP contribution in [-0.2, 0) is 9.59 Å². The summed E-state index contributed by atoms with van der Waals surface area (Å²) in [5.74, 6) is -0.526. The van der Waals surface area contributed by atoms with Gasteiger partial charge in [0.2, 0.25) is 11.8 Å². The summed E-state index contributed by atoms with van der Waals surface area (Å²) in [6.45, 7) is -0.540. The van der Waals surface area contributed by atoms with Crippen molar-refractivity contribution >= 4 is 11.8 Å². The highest BCUT2D eigenvalue weighted by atomic mass is 16.3. The van der Waals surface area contributed by atoms with Crippen molar-refractivity contribution in [1.82, 2.24) is 5.32 Å². The van der Waals surface area contributed by atoms with Crippen LogP contribution in [0.3, 0.4) is 0 Å². The van der Waals surface area contributed by atoms with Crippen LogP contribution < -0.4 is 11.1 Å². The fraction of sp³-hybridized carbons (Fsp3) is 0.818. The Hall–Kier alpha value is -1.10. The number of carbonyl (C=O) groups excluding carboxylic acids is 2. The second-order valence-corrected chi connectivity index (χ2v) is 4.40. The lowest BCUT2D eigenvalue weighted by molar-refractivity contribution is -0.125. The highest BCUT2D eigenvalue weighted by Gasteiger charge is 2.26. The van der Waals surface area contributed by atoms with Gasteiger partial charge in [0.25, 0.3) is 0 Å². The van der Waals surface area contributed by atoms with E-state index in [-0.39, 0.29) is 12.5 Å². The number of hydrogen-bond donors (Lipinski definition) is 3. The zero-order chi connectivity index (χ0) is 12.0. The Kier molecular flexibility index (Phi) is 5.25. The molecule has 0 aliphatic heterocycles. The molecule has 0 bridgehead atoms. The van der Waals surface area contributed by atoms with Gasteiger partial charge in [0.1, 0.15) is 6.61 Å². The first-order valence-electron chi connectivity index (χ1n) is 5.82. The van der Waals surface area contributed by atoms with Crippen molar-refractivity contribution in [3.63, 3.8) is 0 Å². The second kappa shape index (κ2) is 6.48. The number of amides is 2. The van der Waals surface area contributed by atoms with Crippen molar-refractivity contribution in [3.05, 3.63) is 0 Å². The summed E-state index contributed by atoms with van der Waals surface area (Å²) in [4.78, 5) is 22.1. The van der Waals surface area contributed by atoms with E-state index < -0.39 is 18.4 Å². The van der Waals surface area contributed by atoms with E-state index in [0.717, 1.165) is 25.7 Å². The van der Waals surface area contributed by atoms with Crippen LogP contribution in [-0.4, -0.2) is 29.6 Å². The Labute approximate surface area is 95.4 Å². The van der Waals surface area contributed by atoms with Gasteiger partial charge in [0.15, 0.2) is 0 Å². The van der Waals surface area contributed by atoms with Crippen molar-refractivity contribution in [1.29, 1.82) is 0 Å². The molecule has 1 rings (SSSR count). The molecular weight excluding hydrogens is 208 g/mol. The lowest BCUT2D eigenvalue weighted by Gasteiger charge is -2.30. The Morgan fingerprint density at radius 1 is 1.31 bits per heavy atom. The lowest BCUT2D eigenvalue weighted by Crippen LogP contribution is -2.44. The van der Waals surface area contributed by atoms with Gasteiger partial charge in [-0.05, 0) is 18.8 Å². The molecule has 2 amide bonds. The third-order valence-electron chi connectivity index (χ3n) is 3.13. The van der Waals surface area contributed by atoms with Gasteiger partial charge in [0, 0.05) is 12.5 Å². The third kappa shape index (κ3) is 4.18. The zero-order valence-corrected chi connectivity index (χ0v) is 9.45. The van der Waals surface area contributed by atoms with Crippen LogP contribution in [0.15, 0.2) is 0 Å². The number of primary amides is 1. The Morgan fingerprint density at radius 3 is 2.44 bits per heavy atom. The highest BCUT2D eigenvalue weighted by Crippen LogP contribution is 2.27. The third-order valence-corrected chi connectivity index (χ3v) is 3.13. The Balaban J connectivity index is 2.53. The first-order chi connectivity index (χ1) is 7.63. The number of hydrogen-bond acceptors (Lipinski definition) is 3. The van der Waals surface area contributed by atoms with Crippen molar-refractivity contribution in [2.24, 2.45) is 11.7 Å². The first-order valence-corrected chi connectivity index (χ1v) is 5.82. The van der Waals surface area contributed by atoms with E-state index in [1.54, 1.807) is 0 Å². The number of rotatable bonds is 5. The molecule has 1 aliphatic carbocycles. The molecule has 1 fully saturated rings. The van der Waals surface area contributed by atoms with Gasteiger partial charge in [-0.2, -0.15) is 0 Å². The number of nitrogens with one attached hydrogen (secondary N) is 1. The number of aliphatic hydroxyl groups is 1. The van der Waals surface area contributed by atoms with Gasteiger partial charge in [-0.25, -0.2) is 0 Å². The fourth-order valence-corrected chi connectivity index (χ4v) is 2.34. The van der Waals surface area contributed by atoms with Crippen LogP contribution in [0.1, 0.15) is 38.5 Å². The predicted molar refractivity (Wildman–Crippen MR) is 59.4 cm³/mol. The van der Waals surface area contributed by atoms with Gasteiger partial charge in [-0.1, -0.05) is 19.3 Å². The highest BCUT2D eigenvalue weighted by molar-refractivity contribution is 5.79. The zero-order valence-electron chi connectivity index (χ0n) is 9.45. The van der Waals surface area contributed by atoms with Crippen LogP contribution >= 0.6 is 0 Å². The second-order valence-electron chi connectivity index (χ2n) is 4.40. The monoisotopic (exact) mass is 228 g/mol. The molecule has 0 heterocycles. The molecule has 0 radical (unpaired) electrons. The standard InChI is InChI=1S/C11H20N2O3/c12-10(15)6-9(13-11(16)7-14)8-4-2-1-3-5-8/h8-9,14H,1-7H2,(H2,12,15)(H,13,16). The van der Waals surface area contributed by atoms with Crippen molar-refractivity contribution in [2.45, 2.75) is 44.6 Å². The molecule has 5 heteroatoms. The van der Waals surface area contributed by atoms with Gasteiger partial charge < -0.3 is 16.2 Å². The molecule has 1 aliphatic rings. The van der Waals surface area contributed by atoms with Crippen LogP contribution in [0.4, 0.5) is 0 Å². The smallest absolute Gasteiger partial charge is 0.245 e. The fourth-order valence-electron chi connectivity index (χ4n) is 2.34. The minimum atomic E-state index is -0.540. The van der Waals surface area contributed by atoms with Crippen molar-refractivity contribution in [3.8, 4) is 0 Å². The van der Waals surface area contributed by atoms with Crippen LogP contribution in [0.5, 0.6) is 0 Å². The summed E-state index contributed by atoms with van der Waals surface area (Å²) < 4.78 is 0. The molecule has 1 atom stereocenters. The van der Waals surface area contributed by atoms with Crippen LogP contribution in [0.25, 0.3) is 0 Å². The molecule has 0 spiro atoms. The van der Waals surface area contributed by atoms with Crippen LogP contribution in [0, 0.1) is 5.92 Å². The first kappa shape index (κ1) is 13.0. The number of aliphatic hydroxyl groups excluding tert-OH is 1. The molecule has 0 aromatic heterocycles. The molecule has 1 unspecified atom stereocenters. The predicted octanol–water partition coefficient (Wildman–Crippen LogP) is -0.0808. The average molecular weight is 228 g/mol. The van der Waals surface area contributed by atoms with E-state index in [4.69, 9.17) is 10.8 Å². The average Bonchev–Trinajstić information content (AvgIpc) is 2.28. The molecule has 4 N–H and O–H groups in total. The quantitative estimate of drug-likeness (QED) is 0.614. The Bertz CT molecular complexity index is 250. The summed E-state index contributed by atoms with van der Waals surface area (Å²) in [6, 6.07) is -0.211.